The number of aliphatic hydroxyl groups is 1. The summed E-state index contributed by atoms with van der Waals surface area (Å²) < 4.78 is 0. The first-order valence-electron chi connectivity index (χ1n) is 13.5. The van der Waals surface area contributed by atoms with E-state index in [1.54, 1.807) is 6.20 Å². The summed E-state index contributed by atoms with van der Waals surface area (Å²) in [6.07, 6.45) is 8.86. The summed E-state index contributed by atoms with van der Waals surface area (Å²) in [7, 11) is 0. The number of aromatic nitrogens is 1. The van der Waals surface area contributed by atoms with Gasteiger partial charge in [-0.15, -0.1) is 0 Å². The Morgan fingerprint density at radius 2 is 1.86 bits per heavy atom. The van der Waals surface area contributed by atoms with E-state index in [9.17, 15) is 14.7 Å². The van der Waals surface area contributed by atoms with Crippen molar-refractivity contribution >= 4 is 11.8 Å². The second-order valence-corrected chi connectivity index (χ2v) is 10.9. The molecule has 3 aliphatic rings. The van der Waals surface area contributed by atoms with E-state index < -0.39 is 0 Å². The summed E-state index contributed by atoms with van der Waals surface area (Å²) in [6, 6.07) is 14.1. The molecular weight excluding hydrogens is 452 g/mol. The number of hydrogen-bond acceptors (Lipinski definition) is 5. The molecule has 1 saturated carbocycles. The van der Waals surface area contributed by atoms with Crippen molar-refractivity contribution in [2.45, 2.75) is 63.6 Å². The largest absolute Gasteiger partial charge is 0.393 e. The van der Waals surface area contributed by atoms with Gasteiger partial charge in [0.2, 0.25) is 11.8 Å². The summed E-state index contributed by atoms with van der Waals surface area (Å²) >= 11 is 0. The molecule has 2 aromatic rings. The predicted molar refractivity (Wildman–Crippen MR) is 138 cm³/mol. The molecule has 192 valence electrons. The average Bonchev–Trinajstić information content (AvgIpc) is 3.48. The molecule has 0 radical (unpaired) electrons. The molecule has 1 aliphatic carbocycles. The predicted octanol–water partition coefficient (Wildman–Crippen LogP) is 3.30. The first kappa shape index (κ1) is 24.9. The molecule has 3 atom stereocenters. The van der Waals surface area contributed by atoms with Crippen LogP contribution in [0.5, 0.6) is 0 Å². The number of aliphatic hydroxyl groups excluding tert-OH is 1. The third kappa shape index (κ3) is 5.62. The number of likely N-dealkylation sites (tertiary alicyclic amines) is 2. The minimum absolute atomic E-state index is 0.0459. The van der Waals surface area contributed by atoms with Crippen molar-refractivity contribution in [3.05, 3.63) is 66.0 Å². The zero-order valence-corrected chi connectivity index (χ0v) is 21.0. The standard InChI is InChI=1S/C29H38N4O3/c34-25-9-8-24(19-25)27(35)31-26(23-6-2-1-3-7-23)10-15-32-16-11-29(12-17-32)13-18-33(28(29)36)21-22-5-4-14-30-20-22/h1-7,14,20,24-26,34H,8-13,15-19,21H2,(H,31,35)/t24?,25?,26-/m0/s1. The maximum atomic E-state index is 13.3. The van der Waals surface area contributed by atoms with E-state index in [0.717, 1.165) is 69.4 Å². The van der Waals surface area contributed by atoms with Crippen LogP contribution in [0.2, 0.25) is 0 Å². The van der Waals surface area contributed by atoms with Crippen molar-refractivity contribution in [3.63, 3.8) is 0 Å². The van der Waals surface area contributed by atoms with E-state index in [1.165, 1.54) is 0 Å². The van der Waals surface area contributed by atoms with E-state index in [4.69, 9.17) is 0 Å². The number of amides is 2. The molecule has 2 saturated heterocycles. The number of carbonyl (C=O) groups is 2. The second kappa shape index (κ2) is 11.1. The third-order valence-electron chi connectivity index (χ3n) is 8.54. The van der Waals surface area contributed by atoms with Gasteiger partial charge in [0.1, 0.15) is 0 Å². The Kier molecular flexibility index (Phi) is 7.67. The Morgan fingerprint density at radius 3 is 2.56 bits per heavy atom. The van der Waals surface area contributed by atoms with Crippen LogP contribution in [0.4, 0.5) is 0 Å². The van der Waals surface area contributed by atoms with Crippen molar-refractivity contribution in [1.29, 1.82) is 0 Å². The third-order valence-corrected chi connectivity index (χ3v) is 8.54. The van der Waals surface area contributed by atoms with Gasteiger partial charge in [0, 0.05) is 37.9 Å². The Bertz CT molecular complexity index is 1020. The monoisotopic (exact) mass is 490 g/mol. The summed E-state index contributed by atoms with van der Waals surface area (Å²) in [5.41, 5.74) is 1.99. The molecule has 2 amide bonds. The Hall–Kier alpha value is -2.77. The van der Waals surface area contributed by atoms with Gasteiger partial charge in [-0.05, 0) is 75.2 Å². The van der Waals surface area contributed by atoms with E-state index >= 15 is 0 Å². The summed E-state index contributed by atoms with van der Waals surface area (Å²) in [6.45, 7) is 4.19. The van der Waals surface area contributed by atoms with Crippen LogP contribution < -0.4 is 5.32 Å². The van der Waals surface area contributed by atoms with Gasteiger partial charge in [-0.3, -0.25) is 14.6 Å². The molecule has 7 heteroatoms. The molecule has 2 aliphatic heterocycles. The molecule has 2 unspecified atom stereocenters. The summed E-state index contributed by atoms with van der Waals surface area (Å²) in [5.74, 6) is 0.270. The zero-order chi connectivity index (χ0) is 25.0. The van der Waals surface area contributed by atoms with Gasteiger partial charge in [0.05, 0.1) is 17.6 Å². The lowest BCUT2D eigenvalue weighted by Crippen LogP contribution is -2.45. The van der Waals surface area contributed by atoms with E-state index in [2.05, 4.69) is 27.3 Å². The molecule has 1 aromatic heterocycles. The molecule has 7 nitrogen and oxygen atoms in total. The van der Waals surface area contributed by atoms with Crippen LogP contribution in [-0.4, -0.2) is 64.0 Å². The van der Waals surface area contributed by atoms with Gasteiger partial charge in [-0.1, -0.05) is 36.4 Å². The number of pyridine rings is 1. The van der Waals surface area contributed by atoms with Crippen LogP contribution >= 0.6 is 0 Å². The quantitative estimate of drug-likeness (QED) is 0.593. The van der Waals surface area contributed by atoms with Crippen molar-refractivity contribution in [1.82, 2.24) is 20.1 Å². The van der Waals surface area contributed by atoms with Gasteiger partial charge in [0.15, 0.2) is 0 Å². The number of benzene rings is 1. The van der Waals surface area contributed by atoms with Crippen molar-refractivity contribution < 1.29 is 14.7 Å². The Labute approximate surface area is 213 Å². The number of carbonyl (C=O) groups excluding carboxylic acids is 2. The molecule has 2 N–H and O–H groups in total. The number of hydrogen-bond donors (Lipinski definition) is 2. The van der Waals surface area contributed by atoms with Gasteiger partial charge in [-0.25, -0.2) is 0 Å². The second-order valence-electron chi connectivity index (χ2n) is 10.9. The number of rotatable bonds is 8. The van der Waals surface area contributed by atoms with E-state index in [0.29, 0.717) is 25.3 Å². The number of nitrogens with one attached hydrogen (secondary N) is 1. The molecule has 5 rings (SSSR count). The molecule has 3 heterocycles. The van der Waals surface area contributed by atoms with Crippen LogP contribution in [-0.2, 0) is 16.1 Å². The number of piperidine rings is 1. The molecule has 36 heavy (non-hydrogen) atoms. The van der Waals surface area contributed by atoms with Crippen molar-refractivity contribution in [3.8, 4) is 0 Å². The highest BCUT2D eigenvalue weighted by Gasteiger charge is 2.47. The SMILES string of the molecule is O=C(N[C@@H](CCN1CCC2(CC1)CCN(Cc1cccnc1)C2=O)c1ccccc1)C1CCC(O)C1. The lowest BCUT2D eigenvalue weighted by Gasteiger charge is -2.38. The van der Waals surface area contributed by atoms with Crippen LogP contribution in [0.1, 0.15) is 62.1 Å². The van der Waals surface area contributed by atoms with E-state index in [1.807, 2.05) is 41.4 Å². The fourth-order valence-corrected chi connectivity index (χ4v) is 6.23. The summed E-state index contributed by atoms with van der Waals surface area (Å²) in [4.78, 5) is 34.9. The average molecular weight is 491 g/mol. The maximum absolute atomic E-state index is 13.3. The smallest absolute Gasteiger partial charge is 0.229 e. The Morgan fingerprint density at radius 1 is 1.08 bits per heavy atom. The normalized spacial score (nSPS) is 24.8. The minimum Gasteiger partial charge on any atom is -0.393 e. The maximum Gasteiger partial charge on any atom is 0.229 e. The van der Waals surface area contributed by atoms with Gasteiger partial charge in [-0.2, -0.15) is 0 Å². The molecule has 0 bridgehead atoms. The van der Waals surface area contributed by atoms with Gasteiger partial charge >= 0.3 is 0 Å². The first-order chi connectivity index (χ1) is 17.5. The zero-order valence-electron chi connectivity index (χ0n) is 21.0. The molecular formula is C29H38N4O3. The topological polar surface area (TPSA) is 85.8 Å². The van der Waals surface area contributed by atoms with Gasteiger partial charge < -0.3 is 20.2 Å². The molecule has 1 spiro atoms. The highest BCUT2D eigenvalue weighted by Crippen LogP contribution is 2.42. The molecule has 3 fully saturated rings. The fourth-order valence-electron chi connectivity index (χ4n) is 6.23. The van der Waals surface area contributed by atoms with Crippen LogP contribution in [0.25, 0.3) is 0 Å². The van der Waals surface area contributed by atoms with Gasteiger partial charge in [0.25, 0.3) is 0 Å². The van der Waals surface area contributed by atoms with Crippen LogP contribution in [0.15, 0.2) is 54.9 Å². The minimum atomic E-state index is -0.352. The summed E-state index contributed by atoms with van der Waals surface area (Å²) in [5, 5.41) is 13.1. The highest BCUT2D eigenvalue weighted by molar-refractivity contribution is 5.85. The van der Waals surface area contributed by atoms with Crippen molar-refractivity contribution in [2.24, 2.45) is 11.3 Å². The van der Waals surface area contributed by atoms with E-state index in [-0.39, 0.29) is 29.4 Å². The first-order valence-corrected chi connectivity index (χ1v) is 13.5. The van der Waals surface area contributed by atoms with Crippen LogP contribution in [0.3, 0.4) is 0 Å². The lowest BCUT2D eigenvalue weighted by molar-refractivity contribution is -0.139. The number of nitrogens with zero attached hydrogens (tertiary/aromatic N) is 3. The highest BCUT2D eigenvalue weighted by atomic mass is 16.3. The Balaban J connectivity index is 1.15. The van der Waals surface area contributed by atoms with Crippen LogP contribution in [0, 0.1) is 11.3 Å². The van der Waals surface area contributed by atoms with Crippen molar-refractivity contribution in [2.75, 3.05) is 26.2 Å². The molecule has 1 aromatic carbocycles. The fraction of sp³-hybridized carbons (Fsp3) is 0.552. The lowest BCUT2D eigenvalue weighted by atomic mass is 9.77.